The van der Waals surface area contributed by atoms with Crippen molar-refractivity contribution in [2.24, 2.45) is 5.73 Å². The molecule has 0 amide bonds. The van der Waals surface area contributed by atoms with Crippen molar-refractivity contribution in [3.05, 3.63) is 35.9 Å². The smallest absolute Gasteiger partial charge is 0.304 e. The molecule has 76 valence electrons. The van der Waals surface area contributed by atoms with E-state index in [2.05, 4.69) is 0 Å². The molecule has 1 unspecified atom stereocenters. The molecule has 0 saturated carbocycles. The van der Waals surface area contributed by atoms with Crippen LogP contribution in [-0.4, -0.2) is 17.6 Å². The summed E-state index contributed by atoms with van der Waals surface area (Å²) in [6.07, 6.45) is 0.0630. The number of benzene rings is 1. The Balaban J connectivity index is 2.95. The maximum Gasteiger partial charge on any atom is 0.304 e. The third kappa shape index (κ3) is 2.33. The monoisotopic (exact) mass is 193 g/mol. The average Bonchev–Trinajstić information content (AvgIpc) is 2.18. The number of carboxylic acid groups (broad SMARTS) is 1. The fourth-order valence-electron chi connectivity index (χ4n) is 1.47. The van der Waals surface area contributed by atoms with Gasteiger partial charge in [0.25, 0.3) is 0 Å². The van der Waals surface area contributed by atoms with Crippen molar-refractivity contribution in [3.63, 3.8) is 0 Å². The molecule has 0 aliphatic carbocycles. The second-order valence-corrected chi connectivity index (χ2v) is 3.70. The summed E-state index contributed by atoms with van der Waals surface area (Å²) in [7, 11) is 0. The molecule has 1 rings (SSSR count). The molecule has 1 aromatic rings. The highest BCUT2D eigenvalue weighted by atomic mass is 16.4. The van der Waals surface area contributed by atoms with E-state index in [4.69, 9.17) is 10.8 Å². The van der Waals surface area contributed by atoms with Crippen molar-refractivity contribution in [2.45, 2.75) is 18.8 Å². The van der Waals surface area contributed by atoms with E-state index in [-0.39, 0.29) is 6.42 Å². The Kier molecular flexibility index (Phi) is 3.25. The maximum atomic E-state index is 10.7. The van der Waals surface area contributed by atoms with Crippen LogP contribution in [0.15, 0.2) is 30.3 Å². The minimum atomic E-state index is -0.818. The molecule has 0 saturated heterocycles. The largest absolute Gasteiger partial charge is 0.481 e. The molecular formula is C11H15NO2. The number of carboxylic acids is 1. The van der Waals surface area contributed by atoms with Gasteiger partial charge in [-0.2, -0.15) is 0 Å². The first kappa shape index (κ1) is 10.7. The molecule has 0 aliphatic rings. The van der Waals surface area contributed by atoms with Crippen LogP contribution in [0.5, 0.6) is 0 Å². The molecule has 0 heterocycles. The maximum absolute atomic E-state index is 10.7. The number of carbonyl (C=O) groups is 1. The zero-order chi connectivity index (χ0) is 10.6. The van der Waals surface area contributed by atoms with Gasteiger partial charge in [0.1, 0.15) is 0 Å². The molecule has 0 spiro atoms. The lowest BCUT2D eigenvalue weighted by Gasteiger charge is -2.26. The quantitative estimate of drug-likeness (QED) is 0.759. The fraction of sp³-hybridized carbons (Fsp3) is 0.364. The summed E-state index contributed by atoms with van der Waals surface area (Å²) in [5, 5.41) is 8.79. The Hall–Kier alpha value is -1.35. The van der Waals surface area contributed by atoms with Crippen LogP contribution in [0, 0.1) is 0 Å². The van der Waals surface area contributed by atoms with Crippen LogP contribution in [0.3, 0.4) is 0 Å². The Bertz CT molecular complexity index is 310. The fourth-order valence-corrected chi connectivity index (χ4v) is 1.47. The Morgan fingerprint density at radius 2 is 2.00 bits per heavy atom. The van der Waals surface area contributed by atoms with Gasteiger partial charge in [0, 0.05) is 12.0 Å². The highest BCUT2D eigenvalue weighted by Crippen LogP contribution is 2.25. The van der Waals surface area contributed by atoms with E-state index in [0.717, 1.165) is 5.56 Å². The number of nitrogens with two attached hydrogens (primary N) is 1. The molecule has 1 atom stereocenters. The lowest BCUT2D eigenvalue weighted by Crippen LogP contribution is -2.34. The summed E-state index contributed by atoms with van der Waals surface area (Å²) >= 11 is 0. The van der Waals surface area contributed by atoms with Crippen molar-refractivity contribution in [1.82, 2.24) is 0 Å². The van der Waals surface area contributed by atoms with Gasteiger partial charge in [-0.05, 0) is 5.56 Å². The molecule has 1 aromatic carbocycles. The van der Waals surface area contributed by atoms with Crippen molar-refractivity contribution in [2.75, 3.05) is 6.54 Å². The second kappa shape index (κ2) is 4.24. The summed E-state index contributed by atoms with van der Waals surface area (Å²) in [5.41, 5.74) is 6.14. The first-order valence-corrected chi connectivity index (χ1v) is 4.56. The number of hydrogen-bond donors (Lipinski definition) is 2. The predicted octanol–water partition coefficient (Wildman–Crippen LogP) is 1.38. The van der Waals surface area contributed by atoms with Crippen molar-refractivity contribution < 1.29 is 9.90 Å². The van der Waals surface area contributed by atoms with E-state index in [0.29, 0.717) is 6.54 Å². The highest BCUT2D eigenvalue weighted by Gasteiger charge is 2.27. The number of aliphatic carboxylic acids is 1. The Morgan fingerprint density at radius 3 is 2.43 bits per heavy atom. The van der Waals surface area contributed by atoms with E-state index in [1.165, 1.54) is 0 Å². The van der Waals surface area contributed by atoms with Crippen molar-refractivity contribution in [3.8, 4) is 0 Å². The zero-order valence-corrected chi connectivity index (χ0v) is 8.23. The van der Waals surface area contributed by atoms with Gasteiger partial charge in [-0.25, -0.2) is 0 Å². The first-order chi connectivity index (χ1) is 6.58. The van der Waals surface area contributed by atoms with Crippen LogP contribution in [-0.2, 0) is 10.2 Å². The summed E-state index contributed by atoms with van der Waals surface area (Å²) in [6.45, 7) is 2.21. The molecular weight excluding hydrogens is 178 g/mol. The van der Waals surface area contributed by atoms with Gasteiger partial charge in [0.15, 0.2) is 0 Å². The molecule has 0 bridgehead atoms. The van der Waals surface area contributed by atoms with Crippen LogP contribution in [0.25, 0.3) is 0 Å². The third-order valence-electron chi connectivity index (χ3n) is 2.46. The SMILES string of the molecule is CC(CN)(CC(=O)O)c1ccccc1. The Labute approximate surface area is 83.6 Å². The lowest BCUT2D eigenvalue weighted by atomic mass is 9.80. The average molecular weight is 193 g/mol. The molecule has 3 nitrogen and oxygen atoms in total. The molecule has 0 aromatic heterocycles. The standard InChI is InChI=1S/C11H15NO2/c1-11(8-12,7-10(13)14)9-5-3-2-4-6-9/h2-6H,7-8,12H2,1H3,(H,13,14). The van der Waals surface area contributed by atoms with E-state index in [9.17, 15) is 4.79 Å². The van der Waals surface area contributed by atoms with Gasteiger partial charge in [-0.3, -0.25) is 4.79 Å². The summed E-state index contributed by atoms with van der Waals surface area (Å²) in [6, 6.07) is 9.52. The number of rotatable bonds is 4. The predicted molar refractivity (Wildman–Crippen MR) is 55.1 cm³/mol. The Morgan fingerprint density at radius 1 is 1.43 bits per heavy atom. The molecule has 14 heavy (non-hydrogen) atoms. The molecule has 0 fully saturated rings. The van der Waals surface area contributed by atoms with Gasteiger partial charge >= 0.3 is 5.97 Å². The van der Waals surface area contributed by atoms with Crippen LogP contribution >= 0.6 is 0 Å². The van der Waals surface area contributed by atoms with Crippen molar-refractivity contribution >= 4 is 5.97 Å². The normalized spacial score (nSPS) is 14.7. The molecule has 0 radical (unpaired) electrons. The van der Waals surface area contributed by atoms with Gasteiger partial charge < -0.3 is 10.8 Å². The zero-order valence-electron chi connectivity index (χ0n) is 8.23. The molecule has 0 aliphatic heterocycles. The third-order valence-corrected chi connectivity index (χ3v) is 2.46. The van der Waals surface area contributed by atoms with Crippen molar-refractivity contribution in [1.29, 1.82) is 0 Å². The van der Waals surface area contributed by atoms with Crippen LogP contribution in [0.4, 0.5) is 0 Å². The van der Waals surface area contributed by atoms with Crippen LogP contribution < -0.4 is 5.73 Å². The number of hydrogen-bond acceptors (Lipinski definition) is 2. The van der Waals surface area contributed by atoms with Gasteiger partial charge in [-0.15, -0.1) is 0 Å². The highest BCUT2D eigenvalue weighted by molar-refractivity contribution is 5.69. The van der Waals surface area contributed by atoms with Gasteiger partial charge in [-0.1, -0.05) is 37.3 Å². The van der Waals surface area contributed by atoms with E-state index >= 15 is 0 Å². The first-order valence-electron chi connectivity index (χ1n) is 4.56. The van der Waals surface area contributed by atoms with Crippen LogP contribution in [0.1, 0.15) is 18.9 Å². The second-order valence-electron chi connectivity index (χ2n) is 3.70. The topological polar surface area (TPSA) is 63.3 Å². The van der Waals surface area contributed by atoms with Gasteiger partial charge in [0.05, 0.1) is 6.42 Å². The minimum Gasteiger partial charge on any atom is -0.481 e. The van der Waals surface area contributed by atoms with E-state index in [1.54, 1.807) is 0 Å². The molecule has 3 heteroatoms. The lowest BCUT2D eigenvalue weighted by molar-refractivity contribution is -0.138. The van der Waals surface area contributed by atoms with E-state index < -0.39 is 11.4 Å². The summed E-state index contributed by atoms with van der Waals surface area (Å²) < 4.78 is 0. The summed E-state index contributed by atoms with van der Waals surface area (Å²) in [5.74, 6) is -0.818. The van der Waals surface area contributed by atoms with Crippen LogP contribution in [0.2, 0.25) is 0 Å². The summed E-state index contributed by atoms with van der Waals surface area (Å²) in [4.78, 5) is 10.7. The van der Waals surface area contributed by atoms with Gasteiger partial charge in [0.2, 0.25) is 0 Å². The minimum absolute atomic E-state index is 0.0630. The van der Waals surface area contributed by atoms with E-state index in [1.807, 2.05) is 37.3 Å². The molecule has 3 N–H and O–H groups in total.